The van der Waals surface area contributed by atoms with E-state index in [1.165, 1.54) is 0 Å². The summed E-state index contributed by atoms with van der Waals surface area (Å²) in [4.78, 5) is 9.42. The predicted octanol–water partition coefficient (Wildman–Crippen LogP) is 0.898. The van der Waals surface area contributed by atoms with Crippen molar-refractivity contribution in [1.29, 1.82) is 0 Å². The quantitative estimate of drug-likeness (QED) is 0.372. The lowest BCUT2D eigenvalue weighted by Crippen LogP contribution is -2.00. The van der Waals surface area contributed by atoms with Crippen molar-refractivity contribution in [2.45, 2.75) is 0 Å². The molecule has 1 aromatic rings. The summed E-state index contributed by atoms with van der Waals surface area (Å²) >= 11 is 0. The van der Waals surface area contributed by atoms with Crippen LogP contribution in [0, 0.1) is 15.9 Å². The number of nitro groups is 1. The molecule has 0 aliphatic heterocycles. The summed E-state index contributed by atoms with van der Waals surface area (Å²) in [6, 6.07) is 1.74. The standard InChI is InChI=1S/C6H6FN3O2/c7-4-1-3(10(11)12)2-5(8)6(4)9/h1-2H,8-9H2. The van der Waals surface area contributed by atoms with Gasteiger partial charge in [0.25, 0.3) is 5.69 Å². The Morgan fingerprint density at radius 2 is 2.00 bits per heavy atom. The molecule has 0 fully saturated rings. The van der Waals surface area contributed by atoms with Gasteiger partial charge < -0.3 is 11.5 Å². The summed E-state index contributed by atoms with van der Waals surface area (Å²) in [5, 5.41) is 10.2. The third-order valence-electron chi connectivity index (χ3n) is 1.36. The van der Waals surface area contributed by atoms with Gasteiger partial charge in [0.1, 0.15) is 0 Å². The van der Waals surface area contributed by atoms with E-state index in [2.05, 4.69) is 0 Å². The van der Waals surface area contributed by atoms with Crippen LogP contribution >= 0.6 is 0 Å². The van der Waals surface area contributed by atoms with Crippen LogP contribution in [0.1, 0.15) is 0 Å². The minimum absolute atomic E-state index is 0.123. The molecule has 0 spiro atoms. The molecule has 0 saturated carbocycles. The summed E-state index contributed by atoms with van der Waals surface area (Å²) in [6.07, 6.45) is 0. The Bertz CT molecular complexity index is 317. The van der Waals surface area contributed by atoms with Crippen LogP contribution in [0.3, 0.4) is 0 Å². The van der Waals surface area contributed by atoms with Gasteiger partial charge in [0.05, 0.1) is 22.4 Å². The topological polar surface area (TPSA) is 95.2 Å². The zero-order valence-electron chi connectivity index (χ0n) is 5.95. The van der Waals surface area contributed by atoms with Crippen LogP contribution in [0.2, 0.25) is 0 Å². The first kappa shape index (κ1) is 8.25. The molecule has 5 nitrogen and oxygen atoms in total. The Kier molecular flexibility index (Phi) is 1.82. The van der Waals surface area contributed by atoms with Gasteiger partial charge in [-0.2, -0.15) is 0 Å². The van der Waals surface area contributed by atoms with E-state index >= 15 is 0 Å². The van der Waals surface area contributed by atoms with E-state index in [0.717, 1.165) is 12.1 Å². The summed E-state index contributed by atoms with van der Waals surface area (Å²) in [5.41, 5.74) is 9.53. The number of rotatable bonds is 1. The van der Waals surface area contributed by atoms with E-state index < -0.39 is 16.4 Å². The largest absolute Gasteiger partial charge is 0.397 e. The first-order valence-corrected chi connectivity index (χ1v) is 3.01. The molecule has 0 radical (unpaired) electrons. The van der Waals surface area contributed by atoms with Crippen LogP contribution < -0.4 is 11.5 Å². The maximum Gasteiger partial charge on any atom is 0.274 e. The van der Waals surface area contributed by atoms with Gasteiger partial charge >= 0.3 is 0 Å². The molecule has 0 amide bonds. The number of halogens is 1. The number of anilines is 2. The molecule has 0 aromatic heterocycles. The Balaban J connectivity index is 3.31. The molecule has 4 N–H and O–H groups in total. The molecular weight excluding hydrogens is 165 g/mol. The van der Waals surface area contributed by atoms with Crippen molar-refractivity contribution in [2.75, 3.05) is 11.5 Å². The smallest absolute Gasteiger partial charge is 0.274 e. The summed E-state index contributed by atoms with van der Waals surface area (Å²) in [5.74, 6) is -0.873. The molecule has 0 aliphatic rings. The van der Waals surface area contributed by atoms with Gasteiger partial charge in [0.15, 0.2) is 5.82 Å². The molecule has 1 rings (SSSR count). The molecule has 64 valence electrons. The Hall–Kier alpha value is -1.85. The number of hydrogen-bond donors (Lipinski definition) is 2. The average Bonchev–Trinajstić information content (AvgIpc) is 1.99. The van der Waals surface area contributed by atoms with Crippen LogP contribution in [0.15, 0.2) is 12.1 Å². The van der Waals surface area contributed by atoms with Crippen LogP contribution in [0.5, 0.6) is 0 Å². The zero-order chi connectivity index (χ0) is 9.30. The first-order chi connectivity index (χ1) is 5.52. The fraction of sp³-hybridized carbons (Fsp3) is 0. The van der Waals surface area contributed by atoms with Crippen LogP contribution in [-0.4, -0.2) is 4.92 Å². The molecule has 0 bridgehead atoms. The summed E-state index contributed by atoms with van der Waals surface area (Å²) in [6.45, 7) is 0. The maximum atomic E-state index is 12.7. The van der Waals surface area contributed by atoms with Gasteiger partial charge in [-0.3, -0.25) is 10.1 Å². The molecule has 6 heteroatoms. The van der Waals surface area contributed by atoms with Crippen molar-refractivity contribution < 1.29 is 9.31 Å². The van der Waals surface area contributed by atoms with Crippen molar-refractivity contribution >= 4 is 17.1 Å². The number of nitrogens with two attached hydrogens (primary N) is 2. The molecular formula is C6H6FN3O2. The van der Waals surface area contributed by atoms with Crippen molar-refractivity contribution in [1.82, 2.24) is 0 Å². The second-order valence-electron chi connectivity index (χ2n) is 2.19. The van der Waals surface area contributed by atoms with Crippen molar-refractivity contribution in [3.8, 4) is 0 Å². The van der Waals surface area contributed by atoms with Crippen molar-refractivity contribution in [3.63, 3.8) is 0 Å². The predicted molar refractivity (Wildman–Crippen MR) is 41.9 cm³/mol. The summed E-state index contributed by atoms with van der Waals surface area (Å²) < 4.78 is 12.7. The molecule has 0 atom stereocenters. The highest BCUT2D eigenvalue weighted by Gasteiger charge is 2.12. The monoisotopic (exact) mass is 171 g/mol. The summed E-state index contributed by atoms with van der Waals surface area (Å²) in [7, 11) is 0. The van der Waals surface area contributed by atoms with Crippen LogP contribution in [0.25, 0.3) is 0 Å². The van der Waals surface area contributed by atoms with Crippen LogP contribution in [0.4, 0.5) is 21.5 Å². The van der Waals surface area contributed by atoms with Gasteiger partial charge in [-0.25, -0.2) is 4.39 Å². The number of nitrogens with zero attached hydrogens (tertiary/aromatic N) is 1. The minimum atomic E-state index is -0.873. The van der Waals surface area contributed by atoms with E-state index in [1.807, 2.05) is 0 Å². The Morgan fingerprint density at radius 1 is 1.42 bits per heavy atom. The number of benzene rings is 1. The fourth-order valence-corrected chi connectivity index (χ4v) is 0.730. The van der Waals surface area contributed by atoms with Gasteiger partial charge in [-0.05, 0) is 0 Å². The third-order valence-corrected chi connectivity index (χ3v) is 1.36. The Morgan fingerprint density at radius 3 is 2.42 bits per heavy atom. The molecule has 0 aliphatic carbocycles. The molecule has 12 heavy (non-hydrogen) atoms. The SMILES string of the molecule is Nc1cc([N+](=O)[O-])cc(F)c1N. The van der Waals surface area contributed by atoms with Gasteiger partial charge in [-0.15, -0.1) is 0 Å². The van der Waals surface area contributed by atoms with Gasteiger partial charge in [-0.1, -0.05) is 0 Å². The fourth-order valence-electron chi connectivity index (χ4n) is 0.730. The van der Waals surface area contributed by atoms with Crippen molar-refractivity contribution in [3.05, 3.63) is 28.1 Å². The van der Waals surface area contributed by atoms with Crippen LogP contribution in [-0.2, 0) is 0 Å². The van der Waals surface area contributed by atoms with E-state index in [0.29, 0.717) is 0 Å². The van der Waals surface area contributed by atoms with E-state index in [4.69, 9.17) is 11.5 Å². The highest BCUT2D eigenvalue weighted by atomic mass is 19.1. The molecule has 0 saturated heterocycles. The number of non-ortho nitro benzene ring substituents is 1. The number of hydrogen-bond acceptors (Lipinski definition) is 4. The minimum Gasteiger partial charge on any atom is -0.397 e. The average molecular weight is 171 g/mol. The highest BCUT2D eigenvalue weighted by Crippen LogP contribution is 2.24. The number of nitro benzene ring substituents is 1. The van der Waals surface area contributed by atoms with E-state index in [-0.39, 0.29) is 11.4 Å². The maximum absolute atomic E-state index is 12.7. The highest BCUT2D eigenvalue weighted by molar-refractivity contribution is 5.67. The molecule has 0 heterocycles. The van der Waals surface area contributed by atoms with E-state index in [1.54, 1.807) is 0 Å². The Labute approximate surface area is 66.9 Å². The van der Waals surface area contributed by atoms with Gasteiger partial charge in [0.2, 0.25) is 0 Å². The lowest BCUT2D eigenvalue weighted by Gasteiger charge is -2.00. The van der Waals surface area contributed by atoms with E-state index in [9.17, 15) is 14.5 Å². The van der Waals surface area contributed by atoms with Crippen molar-refractivity contribution in [2.24, 2.45) is 0 Å². The lowest BCUT2D eigenvalue weighted by atomic mass is 10.2. The normalized spacial score (nSPS) is 9.75. The first-order valence-electron chi connectivity index (χ1n) is 3.01. The molecule has 0 unspecified atom stereocenters. The molecule has 1 aromatic carbocycles. The third kappa shape index (κ3) is 1.26. The lowest BCUT2D eigenvalue weighted by molar-refractivity contribution is -0.385. The second kappa shape index (κ2) is 2.65. The second-order valence-corrected chi connectivity index (χ2v) is 2.19. The number of nitrogen functional groups attached to an aromatic ring is 2. The zero-order valence-corrected chi connectivity index (χ0v) is 5.95. The van der Waals surface area contributed by atoms with Gasteiger partial charge in [0, 0.05) is 6.07 Å².